The van der Waals surface area contributed by atoms with Crippen LogP contribution in [-0.2, 0) is 6.42 Å². The van der Waals surface area contributed by atoms with E-state index in [0.717, 1.165) is 18.1 Å². The highest BCUT2D eigenvalue weighted by Crippen LogP contribution is 2.25. The van der Waals surface area contributed by atoms with Crippen molar-refractivity contribution in [3.8, 4) is 5.75 Å². The number of ether oxygens (including phenoxy) is 1. The number of hydrogen-bond donors (Lipinski definition) is 0. The standard InChI is InChI=1S/C20H27NO.ClH/c1-16-6-4-12-21(15-16)13-5-9-17-7-3-8-18-14-19(22-2)10-11-20(17)18;/h3,7-8,10-11,14,16H,4-6,9,12-13,15H2,1-2H3;1H/t16-;/m0./s1. The molecule has 0 spiro atoms. The molecule has 0 amide bonds. The molecule has 1 fully saturated rings. The third kappa shape index (κ3) is 4.62. The number of likely N-dealkylation sites (tertiary alicyclic amines) is 1. The van der Waals surface area contributed by atoms with Crippen LogP contribution in [-0.4, -0.2) is 31.6 Å². The second-order valence-corrected chi connectivity index (χ2v) is 6.66. The normalized spacial score (nSPS) is 18.6. The molecule has 2 aromatic carbocycles. The van der Waals surface area contributed by atoms with Crippen LogP contribution in [0.15, 0.2) is 36.4 Å². The maximum absolute atomic E-state index is 5.33. The first-order valence-electron chi connectivity index (χ1n) is 8.54. The highest BCUT2D eigenvalue weighted by atomic mass is 35.5. The molecule has 0 unspecified atom stereocenters. The lowest BCUT2D eigenvalue weighted by Crippen LogP contribution is -2.35. The van der Waals surface area contributed by atoms with E-state index >= 15 is 0 Å². The summed E-state index contributed by atoms with van der Waals surface area (Å²) in [5.41, 5.74) is 1.46. The number of benzene rings is 2. The van der Waals surface area contributed by atoms with E-state index in [-0.39, 0.29) is 12.4 Å². The van der Waals surface area contributed by atoms with Crippen LogP contribution in [0.5, 0.6) is 5.75 Å². The maximum atomic E-state index is 5.33. The molecule has 23 heavy (non-hydrogen) atoms. The van der Waals surface area contributed by atoms with Crippen LogP contribution in [0, 0.1) is 5.92 Å². The van der Waals surface area contributed by atoms with E-state index in [1.165, 1.54) is 55.2 Å². The molecular weight excluding hydrogens is 306 g/mol. The summed E-state index contributed by atoms with van der Waals surface area (Å²) in [6, 6.07) is 13.0. The van der Waals surface area contributed by atoms with Gasteiger partial charge in [-0.25, -0.2) is 0 Å². The lowest BCUT2D eigenvalue weighted by molar-refractivity contribution is 0.182. The largest absolute Gasteiger partial charge is 0.497 e. The summed E-state index contributed by atoms with van der Waals surface area (Å²) in [5, 5.41) is 2.65. The monoisotopic (exact) mass is 333 g/mol. The number of piperidine rings is 1. The van der Waals surface area contributed by atoms with Gasteiger partial charge in [0.1, 0.15) is 5.75 Å². The van der Waals surface area contributed by atoms with E-state index in [2.05, 4.69) is 48.2 Å². The third-order valence-electron chi connectivity index (χ3n) is 4.84. The van der Waals surface area contributed by atoms with Crippen LogP contribution in [0.2, 0.25) is 0 Å². The molecule has 0 aromatic heterocycles. The zero-order valence-corrected chi connectivity index (χ0v) is 15.1. The van der Waals surface area contributed by atoms with Crippen molar-refractivity contribution in [3.05, 3.63) is 42.0 Å². The molecule has 3 heteroatoms. The summed E-state index contributed by atoms with van der Waals surface area (Å²) >= 11 is 0. The van der Waals surface area contributed by atoms with Crippen LogP contribution in [0.1, 0.15) is 31.7 Å². The van der Waals surface area contributed by atoms with E-state index in [4.69, 9.17) is 4.74 Å². The van der Waals surface area contributed by atoms with Gasteiger partial charge in [-0.2, -0.15) is 0 Å². The first-order valence-corrected chi connectivity index (χ1v) is 8.54. The fourth-order valence-corrected chi connectivity index (χ4v) is 3.66. The summed E-state index contributed by atoms with van der Waals surface area (Å²) in [7, 11) is 1.73. The van der Waals surface area contributed by atoms with Crippen molar-refractivity contribution in [3.63, 3.8) is 0 Å². The molecule has 1 heterocycles. The lowest BCUT2D eigenvalue weighted by Gasteiger charge is -2.30. The summed E-state index contributed by atoms with van der Waals surface area (Å²) < 4.78 is 5.33. The minimum absolute atomic E-state index is 0. The Hall–Kier alpha value is -1.25. The molecule has 2 nitrogen and oxygen atoms in total. The zero-order valence-electron chi connectivity index (χ0n) is 14.3. The summed E-state index contributed by atoms with van der Waals surface area (Å²) in [5.74, 6) is 1.81. The number of aryl methyl sites for hydroxylation is 1. The molecule has 0 aliphatic carbocycles. The molecule has 1 aliphatic rings. The van der Waals surface area contributed by atoms with Crippen LogP contribution >= 0.6 is 12.4 Å². The molecule has 1 aliphatic heterocycles. The number of methoxy groups -OCH3 is 1. The fraction of sp³-hybridized carbons (Fsp3) is 0.500. The quantitative estimate of drug-likeness (QED) is 0.768. The predicted octanol–water partition coefficient (Wildman–Crippen LogP) is 4.93. The van der Waals surface area contributed by atoms with Crippen molar-refractivity contribution >= 4 is 23.2 Å². The molecule has 1 atom stereocenters. The van der Waals surface area contributed by atoms with Crippen LogP contribution < -0.4 is 4.74 Å². The highest BCUT2D eigenvalue weighted by molar-refractivity contribution is 5.87. The Bertz CT molecular complexity index is 628. The summed E-state index contributed by atoms with van der Waals surface area (Å²) in [6.45, 7) is 6.19. The minimum atomic E-state index is 0. The van der Waals surface area contributed by atoms with Gasteiger partial charge < -0.3 is 9.64 Å². The Balaban J connectivity index is 0.00000192. The van der Waals surface area contributed by atoms with Crippen molar-refractivity contribution in [1.29, 1.82) is 0 Å². The van der Waals surface area contributed by atoms with E-state index < -0.39 is 0 Å². The number of hydrogen-bond acceptors (Lipinski definition) is 2. The second-order valence-electron chi connectivity index (χ2n) is 6.66. The van der Waals surface area contributed by atoms with Gasteiger partial charge >= 0.3 is 0 Å². The van der Waals surface area contributed by atoms with Gasteiger partial charge in [0.15, 0.2) is 0 Å². The summed E-state index contributed by atoms with van der Waals surface area (Å²) in [4.78, 5) is 2.64. The van der Waals surface area contributed by atoms with Gasteiger partial charge in [0.25, 0.3) is 0 Å². The Morgan fingerprint density at radius 3 is 2.87 bits per heavy atom. The van der Waals surface area contributed by atoms with Gasteiger partial charge in [-0.1, -0.05) is 31.2 Å². The molecule has 2 aromatic rings. The van der Waals surface area contributed by atoms with Crippen LogP contribution in [0.4, 0.5) is 0 Å². The Kier molecular flexibility index (Phi) is 6.73. The molecule has 0 saturated carbocycles. The zero-order chi connectivity index (χ0) is 15.4. The van der Waals surface area contributed by atoms with Crippen LogP contribution in [0.25, 0.3) is 10.8 Å². The molecule has 1 saturated heterocycles. The first-order chi connectivity index (χ1) is 10.8. The van der Waals surface area contributed by atoms with E-state index in [1.807, 2.05) is 0 Å². The second kappa shape index (κ2) is 8.56. The van der Waals surface area contributed by atoms with Crippen molar-refractivity contribution in [2.24, 2.45) is 5.92 Å². The lowest BCUT2D eigenvalue weighted by atomic mass is 9.98. The summed E-state index contributed by atoms with van der Waals surface area (Å²) in [6.07, 6.45) is 5.18. The molecule has 0 N–H and O–H groups in total. The maximum Gasteiger partial charge on any atom is 0.119 e. The van der Waals surface area contributed by atoms with Crippen molar-refractivity contribution in [2.45, 2.75) is 32.6 Å². The highest BCUT2D eigenvalue weighted by Gasteiger charge is 2.15. The third-order valence-corrected chi connectivity index (χ3v) is 4.84. The van der Waals surface area contributed by atoms with Gasteiger partial charge in [-0.3, -0.25) is 0 Å². The van der Waals surface area contributed by atoms with E-state index in [0.29, 0.717) is 0 Å². The van der Waals surface area contributed by atoms with Gasteiger partial charge in [0, 0.05) is 6.54 Å². The molecule has 126 valence electrons. The Labute approximate surface area is 146 Å². The van der Waals surface area contributed by atoms with Gasteiger partial charge in [0.2, 0.25) is 0 Å². The smallest absolute Gasteiger partial charge is 0.119 e. The van der Waals surface area contributed by atoms with Gasteiger partial charge in [-0.15, -0.1) is 12.4 Å². The molecule has 0 bridgehead atoms. The van der Waals surface area contributed by atoms with Gasteiger partial charge in [-0.05, 0) is 73.2 Å². The SMILES string of the molecule is COc1ccc2c(CCCN3CCC[C@H](C)C3)cccc2c1.Cl. The average Bonchev–Trinajstić information content (AvgIpc) is 2.54. The fourth-order valence-electron chi connectivity index (χ4n) is 3.66. The number of rotatable bonds is 5. The molecule has 0 radical (unpaired) electrons. The van der Waals surface area contributed by atoms with E-state index in [1.54, 1.807) is 7.11 Å². The topological polar surface area (TPSA) is 12.5 Å². The average molecular weight is 334 g/mol. The number of nitrogens with zero attached hydrogens (tertiary/aromatic N) is 1. The Morgan fingerprint density at radius 2 is 2.09 bits per heavy atom. The number of halogens is 1. The van der Waals surface area contributed by atoms with Crippen molar-refractivity contribution < 1.29 is 4.74 Å². The Morgan fingerprint density at radius 1 is 1.22 bits per heavy atom. The predicted molar refractivity (Wildman–Crippen MR) is 101 cm³/mol. The van der Waals surface area contributed by atoms with Gasteiger partial charge in [0.05, 0.1) is 7.11 Å². The minimum Gasteiger partial charge on any atom is -0.497 e. The first kappa shape index (κ1) is 18.1. The van der Waals surface area contributed by atoms with E-state index in [9.17, 15) is 0 Å². The van der Waals surface area contributed by atoms with Crippen LogP contribution in [0.3, 0.4) is 0 Å². The van der Waals surface area contributed by atoms with Crippen molar-refractivity contribution in [1.82, 2.24) is 4.90 Å². The molecular formula is C20H28ClNO. The number of fused-ring (bicyclic) bond motifs is 1. The molecule has 3 rings (SSSR count). The van der Waals surface area contributed by atoms with Crippen molar-refractivity contribution in [2.75, 3.05) is 26.7 Å².